The first kappa shape index (κ1) is 12.9. The largest absolute Gasteiger partial charge is 0.384 e. The van der Waals surface area contributed by atoms with Crippen molar-refractivity contribution in [2.75, 3.05) is 31.7 Å². The molecule has 1 rings (SSSR count). The number of hydrogen-bond donors (Lipinski definition) is 1. The first-order chi connectivity index (χ1) is 7.43. The number of rotatable bonds is 5. The summed E-state index contributed by atoms with van der Waals surface area (Å²) in [6, 6.07) is 1.83. The zero-order valence-electron chi connectivity index (χ0n) is 9.77. The Hall–Kier alpha value is -1.14. The van der Waals surface area contributed by atoms with Gasteiger partial charge in [0.1, 0.15) is 0 Å². The van der Waals surface area contributed by atoms with E-state index in [4.69, 9.17) is 0 Å². The number of anilines is 1. The molecular weight excluding hydrogens is 226 g/mol. The average molecular weight is 243 g/mol. The Morgan fingerprint density at radius 2 is 2.12 bits per heavy atom. The second kappa shape index (κ2) is 5.27. The molecule has 0 fully saturated rings. The van der Waals surface area contributed by atoms with Crippen LogP contribution in [0.1, 0.15) is 5.56 Å². The maximum atomic E-state index is 11.5. The van der Waals surface area contributed by atoms with E-state index in [1.54, 1.807) is 12.4 Å². The summed E-state index contributed by atoms with van der Waals surface area (Å²) in [5, 5.41) is 3.08. The fourth-order valence-electron chi connectivity index (χ4n) is 1.17. The van der Waals surface area contributed by atoms with Crippen LogP contribution >= 0.6 is 0 Å². The summed E-state index contributed by atoms with van der Waals surface area (Å²) in [6.45, 7) is 2.32. The van der Waals surface area contributed by atoms with E-state index in [2.05, 4.69) is 10.3 Å². The highest BCUT2D eigenvalue weighted by Gasteiger charge is 2.12. The van der Waals surface area contributed by atoms with Crippen LogP contribution in [0.5, 0.6) is 0 Å². The standard InChI is InChI=1S/C10H17N3O2S/c1-9-8-11-5-4-10(9)12-6-7-16(14,15)13(2)3/h4-5,8H,6-7H2,1-3H3,(H,11,12). The van der Waals surface area contributed by atoms with Crippen molar-refractivity contribution in [1.82, 2.24) is 9.29 Å². The van der Waals surface area contributed by atoms with Gasteiger partial charge in [0.15, 0.2) is 0 Å². The molecule has 0 saturated carbocycles. The minimum Gasteiger partial charge on any atom is -0.384 e. The van der Waals surface area contributed by atoms with Gasteiger partial charge in [-0.15, -0.1) is 0 Å². The van der Waals surface area contributed by atoms with Crippen molar-refractivity contribution in [2.24, 2.45) is 0 Å². The number of nitrogens with one attached hydrogen (secondary N) is 1. The highest BCUT2D eigenvalue weighted by molar-refractivity contribution is 7.89. The Morgan fingerprint density at radius 3 is 2.69 bits per heavy atom. The molecular formula is C10H17N3O2S. The number of aryl methyl sites for hydroxylation is 1. The maximum absolute atomic E-state index is 11.5. The fraction of sp³-hybridized carbons (Fsp3) is 0.500. The van der Waals surface area contributed by atoms with E-state index in [0.717, 1.165) is 11.3 Å². The molecule has 0 radical (unpaired) electrons. The van der Waals surface area contributed by atoms with E-state index in [-0.39, 0.29) is 5.75 Å². The molecule has 16 heavy (non-hydrogen) atoms. The fourth-order valence-corrected chi connectivity index (χ4v) is 1.89. The highest BCUT2D eigenvalue weighted by atomic mass is 32.2. The van der Waals surface area contributed by atoms with E-state index >= 15 is 0 Å². The highest BCUT2D eigenvalue weighted by Crippen LogP contribution is 2.10. The Morgan fingerprint density at radius 1 is 1.44 bits per heavy atom. The molecule has 0 bridgehead atoms. The SMILES string of the molecule is Cc1cnccc1NCCS(=O)(=O)N(C)C. The van der Waals surface area contributed by atoms with Crippen LogP contribution in [0.25, 0.3) is 0 Å². The molecule has 0 aliphatic carbocycles. The van der Waals surface area contributed by atoms with E-state index in [1.807, 2.05) is 13.0 Å². The quantitative estimate of drug-likeness (QED) is 0.826. The summed E-state index contributed by atoms with van der Waals surface area (Å²) in [6.07, 6.45) is 3.42. The van der Waals surface area contributed by atoms with Crippen LogP contribution in [0.3, 0.4) is 0 Å². The molecule has 0 saturated heterocycles. The lowest BCUT2D eigenvalue weighted by Gasteiger charge is -2.12. The third kappa shape index (κ3) is 3.46. The molecule has 0 unspecified atom stereocenters. The van der Waals surface area contributed by atoms with Crippen molar-refractivity contribution in [3.63, 3.8) is 0 Å². The minimum absolute atomic E-state index is 0.0851. The summed E-state index contributed by atoms with van der Waals surface area (Å²) in [5.74, 6) is 0.0851. The third-order valence-corrected chi connectivity index (χ3v) is 4.08. The van der Waals surface area contributed by atoms with Gasteiger partial charge in [0.25, 0.3) is 0 Å². The van der Waals surface area contributed by atoms with E-state index in [9.17, 15) is 8.42 Å². The maximum Gasteiger partial charge on any atom is 0.215 e. The number of sulfonamides is 1. The average Bonchev–Trinajstić information content (AvgIpc) is 2.20. The van der Waals surface area contributed by atoms with Gasteiger partial charge in [-0.25, -0.2) is 12.7 Å². The van der Waals surface area contributed by atoms with E-state index in [1.165, 1.54) is 18.4 Å². The molecule has 0 spiro atoms. The third-order valence-electron chi connectivity index (χ3n) is 2.25. The van der Waals surface area contributed by atoms with Gasteiger partial charge in [0, 0.05) is 38.7 Å². The van der Waals surface area contributed by atoms with Gasteiger partial charge in [0.05, 0.1) is 5.75 Å². The first-order valence-electron chi connectivity index (χ1n) is 4.98. The zero-order valence-corrected chi connectivity index (χ0v) is 10.6. The summed E-state index contributed by atoms with van der Waals surface area (Å²) in [5.41, 5.74) is 1.92. The van der Waals surface area contributed by atoms with Crippen LogP contribution in [0.2, 0.25) is 0 Å². The Labute approximate surface area is 96.5 Å². The second-order valence-corrected chi connectivity index (χ2v) is 6.02. The van der Waals surface area contributed by atoms with Gasteiger partial charge < -0.3 is 5.32 Å². The predicted molar refractivity (Wildman–Crippen MR) is 64.9 cm³/mol. The minimum atomic E-state index is -3.13. The molecule has 90 valence electrons. The lowest BCUT2D eigenvalue weighted by atomic mass is 10.2. The molecule has 0 aromatic carbocycles. The van der Waals surface area contributed by atoms with Crippen molar-refractivity contribution < 1.29 is 8.42 Å². The molecule has 1 aromatic heterocycles. The number of pyridine rings is 1. The Balaban J connectivity index is 2.52. The second-order valence-electron chi connectivity index (χ2n) is 3.72. The molecule has 1 heterocycles. The van der Waals surface area contributed by atoms with E-state index in [0.29, 0.717) is 6.54 Å². The zero-order chi connectivity index (χ0) is 12.2. The number of hydrogen-bond acceptors (Lipinski definition) is 4. The molecule has 0 atom stereocenters. The lowest BCUT2D eigenvalue weighted by Crippen LogP contribution is -2.28. The molecule has 6 heteroatoms. The van der Waals surface area contributed by atoms with Gasteiger partial charge in [-0.1, -0.05) is 0 Å². The first-order valence-corrected chi connectivity index (χ1v) is 6.59. The van der Waals surface area contributed by atoms with Crippen LogP contribution < -0.4 is 5.32 Å². The molecule has 1 aromatic rings. The van der Waals surface area contributed by atoms with Crippen molar-refractivity contribution in [1.29, 1.82) is 0 Å². The molecule has 5 nitrogen and oxygen atoms in total. The predicted octanol–water partition coefficient (Wildman–Crippen LogP) is 0.693. The summed E-state index contributed by atoms with van der Waals surface area (Å²) < 4.78 is 24.2. The normalized spacial score (nSPS) is 11.8. The van der Waals surface area contributed by atoms with Crippen molar-refractivity contribution in [2.45, 2.75) is 6.92 Å². The topological polar surface area (TPSA) is 62.3 Å². The van der Waals surface area contributed by atoms with Gasteiger partial charge in [-0.05, 0) is 18.6 Å². The lowest BCUT2D eigenvalue weighted by molar-refractivity contribution is 0.521. The van der Waals surface area contributed by atoms with Gasteiger partial charge in [-0.3, -0.25) is 4.98 Å². The van der Waals surface area contributed by atoms with Crippen LogP contribution in [0, 0.1) is 6.92 Å². The molecule has 0 aliphatic rings. The smallest absolute Gasteiger partial charge is 0.215 e. The van der Waals surface area contributed by atoms with E-state index < -0.39 is 10.0 Å². The molecule has 1 N–H and O–H groups in total. The van der Waals surface area contributed by atoms with Crippen molar-refractivity contribution >= 4 is 15.7 Å². The molecule has 0 amide bonds. The molecule has 0 aliphatic heterocycles. The summed E-state index contributed by atoms with van der Waals surface area (Å²) >= 11 is 0. The Bertz CT molecular complexity index is 443. The van der Waals surface area contributed by atoms with Crippen LogP contribution in [-0.2, 0) is 10.0 Å². The van der Waals surface area contributed by atoms with Crippen LogP contribution in [0.15, 0.2) is 18.5 Å². The van der Waals surface area contributed by atoms with Gasteiger partial charge >= 0.3 is 0 Å². The Kier molecular flexibility index (Phi) is 4.26. The van der Waals surface area contributed by atoms with Crippen molar-refractivity contribution in [3.8, 4) is 0 Å². The summed E-state index contributed by atoms with van der Waals surface area (Å²) in [7, 11) is -0.0565. The monoisotopic (exact) mass is 243 g/mol. The number of nitrogens with zero attached hydrogens (tertiary/aromatic N) is 2. The van der Waals surface area contributed by atoms with Crippen LogP contribution in [0.4, 0.5) is 5.69 Å². The summed E-state index contributed by atoms with van der Waals surface area (Å²) in [4.78, 5) is 3.96. The number of aromatic nitrogens is 1. The van der Waals surface area contributed by atoms with Crippen LogP contribution in [-0.4, -0.2) is 44.1 Å². The van der Waals surface area contributed by atoms with Gasteiger partial charge in [-0.2, -0.15) is 0 Å². The van der Waals surface area contributed by atoms with Gasteiger partial charge in [0.2, 0.25) is 10.0 Å². The van der Waals surface area contributed by atoms with Crippen molar-refractivity contribution in [3.05, 3.63) is 24.0 Å².